The maximum absolute atomic E-state index is 14.8. The number of amides is 2. The van der Waals surface area contributed by atoms with E-state index in [1.54, 1.807) is 36.1 Å². The zero-order chi connectivity index (χ0) is 25.1. The van der Waals surface area contributed by atoms with Gasteiger partial charge in [-0.2, -0.15) is 5.10 Å². The van der Waals surface area contributed by atoms with Gasteiger partial charge in [0.1, 0.15) is 18.0 Å². The summed E-state index contributed by atoms with van der Waals surface area (Å²) in [6.07, 6.45) is 0.240. The summed E-state index contributed by atoms with van der Waals surface area (Å²) in [4.78, 5) is 27.7. The fourth-order valence-corrected chi connectivity index (χ4v) is 4.57. The first-order valence-corrected chi connectivity index (χ1v) is 11.8. The third-order valence-electron chi connectivity index (χ3n) is 6.53. The Hall–Kier alpha value is -3.55. The minimum atomic E-state index is -1.29. The second-order valence-corrected chi connectivity index (χ2v) is 9.31. The zero-order valence-electron chi connectivity index (χ0n) is 20.1. The number of benzene rings is 2. The highest BCUT2D eigenvalue weighted by molar-refractivity contribution is 5.89. The van der Waals surface area contributed by atoms with E-state index in [0.29, 0.717) is 16.8 Å². The number of nitrogens with zero attached hydrogens (tertiary/aromatic N) is 3. The lowest BCUT2D eigenvalue weighted by atomic mass is 9.94. The SMILES string of the molecule is CC(C)c1ccc([C@@H](NC(=O)[C@@H]2C[C@@H](F)CN2C(=O)Cc2ccnn2C)c2ccccc2)cc1F. The monoisotopic (exact) mass is 480 g/mol. The molecule has 184 valence electrons. The molecule has 1 saturated heterocycles. The average Bonchev–Trinajstić information content (AvgIpc) is 3.42. The number of likely N-dealkylation sites (tertiary alicyclic amines) is 1. The van der Waals surface area contributed by atoms with E-state index >= 15 is 0 Å². The molecule has 2 aromatic carbocycles. The maximum atomic E-state index is 14.8. The van der Waals surface area contributed by atoms with Gasteiger partial charge in [-0.1, -0.05) is 56.3 Å². The largest absolute Gasteiger partial charge is 0.343 e. The Morgan fingerprint density at radius 3 is 2.49 bits per heavy atom. The number of hydrogen-bond acceptors (Lipinski definition) is 3. The summed E-state index contributed by atoms with van der Waals surface area (Å²) in [6.45, 7) is 3.70. The molecule has 0 bridgehead atoms. The van der Waals surface area contributed by atoms with Gasteiger partial charge in [0.2, 0.25) is 11.8 Å². The molecule has 1 aliphatic rings. The van der Waals surface area contributed by atoms with Gasteiger partial charge < -0.3 is 10.2 Å². The molecule has 0 radical (unpaired) electrons. The Morgan fingerprint density at radius 1 is 1.11 bits per heavy atom. The number of aryl methyl sites for hydroxylation is 1. The summed E-state index contributed by atoms with van der Waals surface area (Å²) in [5, 5.41) is 7.02. The molecule has 6 nitrogen and oxygen atoms in total. The minimum absolute atomic E-state index is 0.0211. The van der Waals surface area contributed by atoms with E-state index in [-0.39, 0.29) is 37.0 Å². The first kappa shape index (κ1) is 24.6. The molecule has 0 unspecified atom stereocenters. The van der Waals surface area contributed by atoms with Gasteiger partial charge in [0.15, 0.2) is 0 Å². The third-order valence-corrected chi connectivity index (χ3v) is 6.53. The van der Waals surface area contributed by atoms with Crippen LogP contribution in [0.25, 0.3) is 0 Å². The van der Waals surface area contributed by atoms with Gasteiger partial charge in [-0.15, -0.1) is 0 Å². The zero-order valence-corrected chi connectivity index (χ0v) is 20.1. The van der Waals surface area contributed by atoms with Crippen LogP contribution in [0.1, 0.15) is 54.6 Å². The molecule has 1 fully saturated rings. The normalized spacial score (nSPS) is 18.6. The lowest BCUT2D eigenvalue weighted by Gasteiger charge is -2.27. The average molecular weight is 481 g/mol. The summed E-state index contributed by atoms with van der Waals surface area (Å²) in [5.41, 5.74) is 2.61. The topological polar surface area (TPSA) is 67.2 Å². The van der Waals surface area contributed by atoms with E-state index in [1.807, 2.05) is 44.2 Å². The van der Waals surface area contributed by atoms with Crippen molar-refractivity contribution in [2.24, 2.45) is 7.05 Å². The first-order valence-electron chi connectivity index (χ1n) is 11.8. The van der Waals surface area contributed by atoms with Crippen LogP contribution in [-0.4, -0.2) is 45.3 Å². The lowest BCUT2D eigenvalue weighted by Crippen LogP contribution is -2.47. The van der Waals surface area contributed by atoms with Crippen molar-refractivity contribution in [2.45, 2.75) is 50.9 Å². The molecule has 35 heavy (non-hydrogen) atoms. The summed E-state index contributed by atoms with van der Waals surface area (Å²) in [7, 11) is 1.73. The van der Waals surface area contributed by atoms with Crippen molar-refractivity contribution < 1.29 is 18.4 Å². The highest BCUT2D eigenvalue weighted by atomic mass is 19.1. The fraction of sp³-hybridized carbons (Fsp3) is 0.370. The van der Waals surface area contributed by atoms with Gasteiger partial charge in [0.25, 0.3) is 0 Å². The number of alkyl halides is 1. The number of nitrogens with one attached hydrogen (secondary N) is 1. The summed E-state index contributed by atoms with van der Waals surface area (Å²) >= 11 is 0. The van der Waals surface area contributed by atoms with Crippen LogP contribution in [-0.2, 0) is 23.1 Å². The highest BCUT2D eigenvalue weighted by Crippen LogP contribution is 2.28. The van der Waals surface area contributed by atoms with Crippen molar-refractivity contribution >= 4 is 11.8 Å². The summed E-state index contributed by atoms with van der Waals surface area (Å²) in [5.74, 6) is -1.12. The minimum Gasteiger partial charge on any atom is -0.343 e. The first-order chi connectivity index (χ1) is 16.7. The van der Waals surface area contributed by atoms with Gasteiger partial charge in [0, 0.05) is 25.4 Å². The molecule has 3 aromatic rings. The van der Waals surface area contributed by atoms with Crippen LogP contribution in [0.4, 0.5) is 8.78 Å². The second-order valence-electron chi connectivity index (χ2n) is 9.31. The number of rotatable bonds is 7. The molecule has 0 spiro atoms. The lowest BCUT2D eigenvalue weighted by molar-refractivity contribution is -0.138. The van der Waals surface area contributed by atoms with E-state index in [9.17, 15) is 18.4 Å². The van der Waals surface area contributed by atoms with E-state index in [2.05, 4.69) is 10.4 Å². The van der Waals surface area contributed by atoms with Crippen molar-refractivity contribution in [2.75, 3.05) is 6.54 Å². The predicted octanol–water partition coefficient (Wildman–Crippen LogP) is 4.07. The van der Waals surface area contributed by atoms with Gasteiger partial charge in [-0.3, -0.25) is 14.3 Å². The quantitative estimate of drug-likeness (QED) is 0.554. The Balaban J connectivity index is 1.59. The molecule has 3 atom stereocenters. The Morgan fingerprint density at radius 2 is 1.86 bits per heavy atom. The van der Waals surface area contributed by atoms with Crippen LogP contribution in [0.15, 0.2) is 60.8 Å². The Bertz CT molecular complexity index is 1190. The van der Waals surface area contributed by atoms with E-state index in [1.165, 1.54) is 11.0 Å². The molecule has 1 N–H and O–H groups in total. The predicted molar refractivity (Wildman–Crippen MR) is 129 cm³/mol. The summed E-state index contributed by atoms with van der Waals surface area (Å²) < 4.78 is 30.8. The van der Waals surface area contributed by atoms with Crippen LogP contribution < -0.4 is 5.32 Å². The summed E-state index contributed by atoms with van der Waals surface area (Å²) in [6, 6.07) is 14.3. The molecular weight excluding hydrogens is 450 g/mol. The van der Waals surface area contributed by atoms with Crippen molar-refractivity contribution in [3.63, 3.8) is 0 Å². The smallest absolute Gasteiger partial charge is 0.243 e. The molecular formula is C27H30F2N4O2. The molecule has 0 saturated carbocycles. The molecule has 4 rings (SSSR count). The molecule has 8 heteroatoms. The van der Waals surface area contributed by atoms with Crippen LogP contribution in [0.3, 0.4) is 0 Å². The van der Waals surface area contributed by atoms with Crippen molar-refractivity contribution in [3.05, 3.63) is 89.0 Å². The number of aromatic nitrogens is 2. The van der Waals surface area contributed by atoms with E-state index < -0.39 is 24.2 Å². The second kappa shape index (κ2) is 10.4. The van der Waals surface area contributed by atoms with Crippen molar-refractivity contribution in [1.29, 1.82) is 0 Å². The molecule has 1 aliphatic heterocycles. The van der Waals surface area contributed by atoms with Crippen LogP contribution in [0.5, 0.6) is 0 Å². The number of hydrogen-bond donors (Lipinski definition) is 1. The van der Waals surface area contributed by atoms with E-state index in [0.717, 1.165) is 5.56 Å². The van der Waals surface area contributed by atoms with Gasteiger partial charge in [-0.05, 0) is 34.7 Å². The standard InChI is InChI=1S/C27H30F2N4O2/c1-17(2)22-10-9-19(13-23(22)29)26(18-7-5-4-6-8-18)31-27(35)24-14-20(28)16-33(24)25(34)15-21-11-12-30-32(21)3/h4-13,17,20,24,26H,14-16H2,1-3H3,(H,31,35)/t20-,24+,26+/m1/s1. The van der Waals surface area contributed by atoms with Crippen LogP contribution >= 0.6 is 0 Å². The maximum Gasteiger partial charge on any atom is 0.243 e. The van der Waals surface area contributed by atoms with Crippen molar-refractivity contribution in [1.82, 2.24) is 20.0 Å². The molecule has 1 aromatic heterocycles. The van der Waals surface area contributed by atoms with E-state index in [4.69, 9.17) is 0 Å². The van der Waals surface area contributed by atoms with Gasteiger partial charge in [0.05, 0.1) is 19.0 Å². The Labute approximate surface area is 203 Å². The number of halogens is 2. The molecule has 2 amide bonds. The number of carbonyl (C=O) groups excluding carboxylic acids is 2. The number of carbonyl (C=O) groups is 2. The fourth-order valence-electron chi connectivity index (χ4n) is 4.57. The third kappa shape index (κ3) is 5.42. The highest BCUT2D eigenvalue weighted by Gasteiger charge is 2.40. The molecule has 2 heterocycles. The Kier molecular flexibility index (Phi) is 7.28. The van der Waals surface area contributed by atoms with Gasteiger partial charge >= 0.3 is 0 Å². The van der Waals surface area contributed by atoms with Gasteiger partial charge in [-0.25, -0.2) is 8.78 Å². The van der Waals surface area contributed by atoms with Crippen molar-refractivity contribution in [3.8, 4) is 0 Å². The van der Waals surface area contributed by atoms with Crippen LogP contribution in [0.2, 0.25) is 0 Å². The van der Waals surface area contributed by atoms with Crippen LogP contribution in [0, 0.1) is 5.82 Å². The molecule has 0 aliphatic carbocycles.